The van der Waals surface area contributed by atoms with Crippen molar-refractivity contribution in [2.45, 2.75) is 4.90 Å². The van der Waals surface area contributed by atoms with Gasteiger partial charge in [-0.1, -0.05) is 11.6 Å². The van der Waals surface area contributed by atoms with Gasteiger partial charge in [0.2, 0.25) is 0 Å². The average molecular weight is 360 g/mol. The predicted molar refractivity (Wildman–Crippen MR) is 80.7 cm³/mol. The molecular formula is C14H11ClFNO5S. The van der Waals surface area contributed by atoms with E-state index in [9.17, 15) is 17.6 Å². The topological polar surface area (TPSA) is 95.7 Å². The lowest BCUT2D eigenvalue weighted by Crippen LogP contribution is -2.16. The van der Waals surface area contributed by atoms with E-state index in [-0.39, 0.29) is 27.0 Å². The fourth-order valence-corrected chi connectivity index (χ4v) is 2.91. The molecule has 0 aromatic heterocycles. The van der Waals surface area contributed by atoms with Crippen molar-refractivity contribution in [3.05, 3.63) is 52.8 Å². The minimum absolute atomic E-state index is 0.150. The fraction of sp³-hybridized carbons (Fsp3) is 0.0714. The first-order valence-corrected chi connectivity index (χ1v) is 7.90. The third kappa shape index (κ3) is 3.72. The molecule has 0 atom stereocenters. The summed E-state index contributed by atoms with van der Waals surface area (Å²) in [5.41, 5.74) is 5.03. The Morgan fingerprint density at radius 2 is 1.91 bits per heavy atom. The van der Waals surface area contributed by atoms with E-state index in [2.05, 4.69) is 0 Å². The molecule has 2 aromatic rings. The molecule has 2 aromatic carbocycles. The van der Waals surface area contributed by atoms with Crippen molar-refractivity contribution in [2.75, 3.05) is 7.11 Å². The van der Waals surface area contributed by atoms with Gasteiger partial charge in [-0.3, -0.25) is 4.79 Å². The standard InChI is InChI=1S/C14H11ClFNO5S/c1-21-8-2-4-10(14(17)18)13(6-8)22-23(19,20)9-3-5-12(16)11(15)7-9/h2-7H,1H3,(H2,17,18). The molecule has 0 aliphatic carbocycles. The number of amides is 1. The Morgan fingerprint density at radius 1 is 1.22 bits per heavy atom. The highest BCUT2D eigenvalue weighted by atomic mass is 35.5. The summed E-state index contributed by atoms with van der Waals surface area (Å²) in [5, 5.41) is -0.379. The van der Waals surface area contributed by atoms with Crippen molar-refractivity contribution in [3.63, 3.8) is 0 Å². The van der Waals surface area contributed by atoms with Crippen molar-refractivity contribution in [2.24, 2.45) is 5.73 Å². The van der Waals surface area contributed by atoms with Crippen LogP contribution in [0.15, 0.2) is 41.3 Å². The summed E-state index contributed by atoms with van der Waals surface area (Å²) in [6.07, 6.45) is 0. The Bertz CT molecular complexity index is 869. The largest absolute Gasteiger partial charge is 0.497 e. The lowest BCUT2D eigenvalue weighted by atomic mass is 10.2. The van der Waals surface area contributed by atoms with Crippen LogP contribution in [-0.2, 0) is 10.1 Å². The smallest absolute Gasteiger partial charge is 0.339 e. The highest BCUT2D eigenvalue weighted by Gasteiger charge is 2.22. The fourth-order valence-electron chi connectivity index (χ4n) is 1.70. The number of benzene rings is 2. The second kappa shape index (κ2) is 6.43. The number of carbonyl (C=O) groups is 1. The predicted octanol–water partition coefficient (Wildman–Crippen LogP) is 2.35. The van der Waals surface area contributed by atoms with Gasteiger partial charge in [0, 0.05) is 6.07 Å². The van der Waals surface area contributed by atoms with E-state index in [0.717, 1.165) is 18.2 Å². The average Bonchev–Trinajstić information content (AvgIpc) is 2.49. The van der Waals surface area contributed by atoms with Crippen LogP contribution < -0.4 is 14.7 Å². The highest BCUT2D eigenvalue weighted by molar-refractivity contribution is 7.87. The number of ether oxygens (including phenoxy) is 1. The van der Waals surface area contributed by atoms with E-state index in [4.69, 9.17) is 26.3 Å². The van der Waals surface area contributed by atoms with Gasteiger partial charge in [0.15, 0.2) is 5.75 Å². The maximum atomic E-state index is 13.1. The summed E-state index contributed by atoms with van der Waals surface area (Å²) in [6.45, 7) is 0. The Kier molecular flexibility index (Phi) is 4.76. The Hall–Kier alpha value is -2.32. The van der Waals surface area contributed by atoms with E-state index in [0.29, 0.717) is 0 Å². The number of carbonyl (C=O) groups excluding carboxylic acids is 1. The van der Waals surface area contributed by atoms with Gasteiger partial charge in [0.1, 0.15) is 16.5 Å². The van der Waals surface area contributed by atoms with Gasteiger partial charge in [-0.15, -0.1) is 0 Å². The zero-order chi connectivity index (χ0) is 17.2. The van der Waals surface area contributed by atoms with Crippen LogP contribution in [0.2, 0.25) is 5.02 Å². The zero-order valence-corrected chi connectivity index (χ0v) is 13.3. The van der Waals surface area contributed by atoms with Crippen molar-refractivity contribution in [3.8, 4) is 11.5 Å². The summed E-state index contributed by atoms with van der Waals surface area (Å²) in [7, 11) is -2.99. The van der Waals surface area contributed by atoms with Crippen LogP contribution >= 0.6 is 11.6 Å². The number of primary amides is 1. The van der Waals surface area contributed by atoms with Gasteiger partial charge in [0.25, 0.3) is 5.91 Å². The van der Waals surface area contributed by atoms with E-state index in [1.54, 1.807) is 0 Å². The van der Waals surface area contributed by atoms with Crippen molar-refractivity contribution in [1.29, 1.82) is 0 Å². The third-order valence-corrected chi connectivity index (χ3v) is 4.35. The molecule has 0 heterocycles. The number of rotatable bonds is 5. The maximum absolute atomic E-state index is 13.1. The van der Waals surface area contributed by atoms with Gasteiger partial charge in [-0.05, 0) is 30.3 Å². The first-order chi connectivity index (χ1) is 10.7. The Balaban J connectivity index is 2.47. The van der Waals surface area contributed by atoms with Crippen LogP contribution in [0, 0.1) is 5.82 Å². The van der Waals surface area contributed by atoms with Gasteiger partial charge in [0.05, 0.1) is 17.7 Å². The molecule has 2 N–H and O–H groups in total. The first kappa shape index (κ1) is 17.0. The summed E-state index contributed by atoms with van der Waals surface area (Å²) < 4.78 is 47.5. The summed E-state index contributed by atoms with van der Waals surface area (Å²) in [5.74, 6) is -1.70. The molecule has 23 heavy (non-hydrogen) atoms. The van der Waals surface area contributed by atoms with Gasteiger partial charge >= 0.3 is 10.1 Å². The number of nitrogens with two attached hydrogens (primary N) is 1. The van der Waals surface area contributed by atoms with Crippen LogP contribution in [-0.4, -0.2) is 21.4 Å². The lowest BCUT2D eigenvalue weighted by Gasteiger charge is -2.11. The summed E-state index contributed by atoms with van der Waals surface area (Å²) >= 11 is 5.56. The number of hydrogen-bond donors (Lipinski definition) is 1. The molecule has 0 aliphatic heterocycles. The van der Waals surface area contributed by atoms with Crippen LogP contribution in [0.25, 0.3) is 0 Å². The number of hydrogen-bond acceptors (Lipinski definition) is 5. The number of methoxy groups -OCH3 is 1. The second-order valence-electron chi connectivity index (χ2n) is 4.34. The van der Waals surface area contributed by atoms with E-state index in [1.165, 1.54) is 25.3 Å². The molecule has 2 rings (SSSR count). The van der Waals surface area contributed by atoms with Crippen LogP contribution in [0.5, 0.6) is 11.5 Å². The quantitative estimate of drug-likeness (QED) is 0.827. The minimum Gasteiger partial charge on any atom is -0.497 e. The molecule has 9 heteroatoms. The van der Waals surface area contributed by atoms with Gasteiger partial charge in [-0.2, -0.15) is 8.42 Å². The maximum Gasteiger partial charge on any atom is 0.339 e. The Labute approximate surface area is 136 Å². The molecule has 0 saturated carbocycles. The highest BCUT2D eigenvalue weighted by Crippen LogP contribution is 2.28. The molecule has 0 radical (unpaired) electrons. The summed E-state index contributed by atoms with van der Waals surface area (Å²) in [4.78, 5) is 11.0. The molecule has 6 nitrogen and oxygen atoms in total. The van der Waals surface area contributed by atoms with E-state index in [1.807, 2.05) is 0 Å². The Morgan fingerprint density at radius 3 is 2.48 bits per heavy atom. The molecule has 1 amide bonds. The third-order valence-electron chi connectivity index (χ3n) is 2.83. The molecule has 0 saturated heterocycles. The second-order valence-corrected chi connectivity index (χ2v) is 6.29. The van der Waals surface area contributed by atoms with E-state index >= 15 is 0 Å². The molecular weight excluding hydrogens is 349 g/mol. The first-order valence-electron chi connectivity index (χ1n) is 6.12. The molecule has 122 valence electrons. The van der Waals surface area contributed by atoms with Crippen LogP contribution in [0.1, 0.15) is 10.4 Å². The lowest BCUT2D eigenvalue weighted by molar-refractivity contribution is 0.0999. The van der Waals surface area contributed by atoms with Crippen molar-refractivity contribution < 1.29 is 26.5 Å². The molecule has 0 unspecified atom stereocenters. The van der Waals surface area contributed by atoms with Crippen molar-refractivity contribution in [1.82, 2.24) is 0 Å². The van der Waals surface area contributed by atoms with Crippen LogP contribution in [0.3, 0.4) is 0 Å². The van der Waals surface area contributed by atoms with Gasteiger partial charge < -0.3 is 14.7 Å². The summed E-state index contributed by atoms with van der Waals surface area (Å²) in [6, 6.07) is 6.66. The monoisotopic (exact) mass is 359 g/mol. The van der Waals surface area contributed by atoms with Crippen LogP contribution in [0.4, 0.5) is 4.39 Å². The normalized spacial score (nSPS) is 11.1. The molecule has 0 spiro atoms. The van der Waals surface area contributed by atoms with E-state index < -0.39 is 21.8 Å². The minimum atomic E-state index is -4.35. The van der Waals surface area contributed by atoms with Gasteiger partial charge in [-0.25, -0.2) is 4.39 Å². The molecule has 0 aliphatic rings. The SMILES string of the molecule is COc1ccc(C(N)=O)c(OS(=O)(=O)c2ccc(F)c(Cl)c2)c1. The molecule has 0 fully saturated rings. The number of halogens is 2. The molecule has 0 bridgehead atoms. The van der Waals surface area contributed by atoms with Crippen molar-refractivity contribution >= 4 is 27.6 Å². The zero-order valence-electron chi connectivity index (χ0n) is 11.7.